The number of methoxy groups -OCH3 is 1. The zero-order valence-electron chi connectivity index (χ0n) is 32.9. The maximum atomic E-state index is 14.0. The van der Waals surface area contributed by atoms with E-state index in [0.717, 1.165) is 11.1 Å². The maximum Gasteiger partial charge on any atom is 0.333 e. The largest absolute Gasteiger partial charge is 0.472 e. The monoisotopic (exact) mass is 740 g/mol. The minimum Gasteiger partial charge on any atom is -0.472 e. The van der Waals surface area contributed by atoms with Gasteiger partial charge in [0.25, 0.3) is 0 Å². The van der Waals surface area contributed by atoms with Crippen molar-refractivity contribution in [2.24, 2.45) is 34.0 Å². The normalized spacial score (nSPS) is 37.0. The van der Waals surface area contributed by atoms with E-state index in [-0.39, 0.29) is 25.4 Å². The van der Waals surface area contributed by atoms with Gasteiger partial charge in [-0.25, -0.2) is 4.79 Å². The number of allylic oxidation sites excluding steroid dienone is 2. The smallest absolute Gasteiger partial charge is 0.333 e. The number of hydrogen-bond donors (Lipinski definition) is 0. The van der Waals surface area contributed by atoms with E-state index in [9.17, 15) is 24.0 Å². The molecule has 0 amide bonds. The molecule has 1 saturated heterocycles. The summed E-state index contributed by atoms with van der Waals surface area (Å²) in [5, 5.41) is 0. The van der Waals surface area contributed by atoms with E-state index in [1.165, 1.54) is 21.0 Å². The predicted octanol–water partition coefficient (Wildman–Crippen LogP) is 6.41. The van der Waals surface area contributed by atoms with Crippen molar-refractivity contribution in [2.75, 3.05) is 13.7 Å². The Morgan fingerprint density at radius 1 is 0.981 bits per heavy atom. The lowest BCUT2D eigenvalue weighted by Gasteiger charge is -2.66. The Morgan fingerprint density at radius 2 is 1.66 bits per heavy atom. The van der Waals surface area contributed by atoms with Crippen LogP contribution in [0, 0.1) is 34.0 Å². The second-order valence-corrected chi connectivity index (χ2v) is 16.1. The molecule has 0 spiro atoms. The van der Waals surface area contributed by atoms with Crippen LogP contribution >= 0.6 is 0 Å². The molecule has 2 saturated carbocycles. The second kappa shape index (κ2) is 15.1. The summed E-state index contributed by atoms with van der Waals surface area (Å²) in [4.78, 5) is 66.9. The molecule has 0 N–H and O–H groups in total. The maximum absolute atomic E-state index is 14.0. The molecule has 4 aliphatic rings. The average molecular weight is 741 g/mol. The fraction of sp³-hybridized carbons (Fsp3) is 0.683. The summed E-state index contributed by atoms with van der Waals surface area (Å²) in [5.41, 5.74) is -0.326. The summed E-state index contributed by atoms with van der Waals surface area (Å²) in [6.45, 7) is 17.9. The van der Waals surface area contributed by atoms with Crippen LogP contribution in [0.4, 0.5) is 0 Å². The molecule has 1 aromatic heterocycles. The van der Waals surface area contributed by atoms with Gasteiger partial charge in [0.05, 0.1) is 38.3 Å². The minimum atomic E-state index is -1.27. The van der Waals surface area contributed by atoms with Gasteiger partial charge >= 0.3 is 29.8 Å². The number of esters is 5. The molecule has 2 heterocycles. The van der Waals surface area contributed by atoms with Crippen LogP contribution < -0.4 is 0 Å². The van der Waals surface area contributed by atoms with Gasteiger partial charge in [-0.3, -0.25) is 19.2 Å². The zero-order chi connectivity index (χ0) is 39.2. The molecule has 0 aromatic carbocycles. The van der Waals surface area contributed by atoms with Crippen molar-refractivity contribution in [3.05, 3.63) is 47.0 Å². The molecule has 3 fully saturated rings. The quantitative estimate of drug-likeness (QED) is 0.107. The van der Waals surface area contributed by atoms with Crippen molar-refractivity contribution < 1.29 is 56.8 Å². The molecule has 1 aliphatic heterocycles. The van der Waals surface area contributed by atoms with Gasteiger partial charge in [0, 0.05) is 60.3 Å². The first-order chi connectivity index (χ1) is 24.9. The summed E-state index contributed by atoms with van der Waals surface area (Å²) in [6, 6.07) is 1.87. The molecule has 292 valence electrons. The molecule has 12 heteroatoms. The standard InChI is InChI=1S/C41H56O12/c1-12-21(3)37(45)52-31-18-30(51-25(7)43)39(8)20-49-34-35(39)40(31,9)29(17-32(44)47-11)41(10,36(34)53-38(46)22(4)13-2)33-23(5)27(26-14-15-48-19-26)16-28(33)50-24(6)42/h13-15,19,21,27-31,34-36H,12,16-18,20H2,1-11H3/t21-,27-,28+,29-,30-,31+,34-,35+,36-,39-,40+,41-/m1/s1. The lowest BCUT2D eigenvalue weighted by Crippen LogP contribution is -2.72. The van der Waals surface area contributed by atoms with Crippen molar-refractivity contribution in [3.8, 4) is 0 Å². The number of ether oxygens (including phenoxy) is 6. The van der Waals surface area contributed by atoms with Gasteiger partial charge in [-0.1, -0.05) is 46.3 Å². The van der Waals surface area contributed by atoms with E-state index >= 15 is 0 Å². The molecule has 5 rings (SSSR count). The third kappa shape index (κ3) is 6.74. The number of carbonyl (C=O) groups excluding carboxylic acids is 5. The summed E-state index contributed by atoms with van der Waals surface area (Å²) < 4.78 is 42.9. The van der Waals surface area contributed by atoms with E-state index in [1.54, 1.807) is 39.4 Å². The highest BCUT2D eigenvalue weighted by atomic mass is 16.6. The first-order valence-corrected chi connectivity index (χ1v) is 18.7. The van der Waals surface area contributed by atoms with E-state index in [2.05, 4.69) is 0 Å². The van der Waals surface area contributed by atoms with E-state index in [1.807, 2.05) is 40.7 Å². The number of furan rings is 1. The molecular formula is C41H56O12. The van der Waals surface area contributed by atoms with Crippen molar-refractivity contribution in [1.82, 2.24) is 0 Å². The molecule has 0 unspecified atom stereocenters. The van der Waals surface area contributed by atoms with Crippen molar-refractivity contribution in [1.29, 1.82) is 0 Å². The highest BCUT2D eigenvalue weighted by molar-refractivity contribution is 5.88. The summed E-state index contributed by atoms with van der Waals surface area (Å²) in [7, 11) is 1.32. The zero-order valence-corrected chi connectivity index (χ0v) is 32.9. The van der Waals surface area contributed by atoms with Gasteiger partial charge in [-0.15, -0.1) is 0 Å². The van der Waals surface area contributed by atoms with Gasteiger partial charge in [0.2, 0.25) is 0 Å². The molecule has 53 heavy (non-hydrogen) atoms. The van der Waals surface area contributed by atoms with E-state index in [4.69, 9.17) is 32.8 Å². The SMILES string of the molecule is CC=C(C)C(=O)O[C@@H]1[C@@H]2OC[C@]3(C)[C@H](OC(C)=O)C[C@H](OC(=O)[C@H](C)CC)[C@@](C)([C@@H]23)[C@@H](CC(=O)OC)[C@]1(C)C1=C(C)[C@H](c2ccoc2)C[C@@H]1OC(C)=O. The fourth-order valence-electron chi connectivity index (χ4n) is 10.4. The highest BCUT2D eigenvalue weighted by Crippen LogP contribution is 2.72. The molecule has 0 radical (unpaired) electrons. The Bertz CT molecular complexity index is 1660. The lowest BCUT2D eigenvalue weighted by atomic mass is 9.39. The topological polar surface area (TPSA) is 154 Å². The van der Waals surface area contributed by atoms with E-state index < -0.39 is 94.4 Å². The van der Waals surface area contributed by atoms with Crippen LogP contribution in [0.3, 0.4) is 0 Å². The van der Waals surface area contributed by atoms with Gasteiger partial charge in [0.1, 0.15) is 24.4 Å². The highest BCUT2D eigenvalue weighted by Gasteiger charge is 2.77. The fourth-order valence-corrected chi connectivity index (χ4v) is 10.4. The first-order valence-electron chi connectivity index (χ1n) is 18.7. The Morgan fingerprint density at radius 3 is 2.23 bits per heavy atom. The number of hydrogen-bond acceptors (Lipinski definition) is 12. The van der Waals surface area contributed by atoms with Gasteiger partial charge in [0.15, 0.2) is 0 Å². The van der Waals surface area contributed by atoms with Gasteiger partial charge in [-0.2, -0.15) is 0 Å². The Hall–Kier alpha value is -3.93. The van der Waals surface area contributed by atoms with Crippen molar-refractivity contribution >= 4 is 29.8 Å². The Kier molecular flexibility index (Phi) is 11.4. The molecule has 12 nitrogen and oxygen atoms in total. The molecule has 3 aliphatic carbocycles. The third-order valence-electron chi connectivity index (χ3n) is 13.2. The van der Waals surface area contributed by atoms with Crippen molar-refractivity contribution in [3.63, 3.8) is 0 Å². The first kappa shape index (κ1) is 40.3. The second-order valence-electron chi connectivity index (χ2n) is 16.1. The summed E-state index contributed by atoms with van der Waals surface area (Å²) in [6.07, 6.45) is 1.63. The third-order valence-corrected chi connectivity index (χ3v) is 13.2. The van der Waals surface area contributed by atoms with Crippen LogP contribution in [0.25, 0.3) is 0 Å². The minimum absolute atomic E-state index is 0.141. The van der Waals surface area contributed by atoms with Crippen LogP contribution in [0.1, 0.15) is 106 Å². The van der Waals surface area contributed by atoms with Crippen LogP contribution in [-0.2, 0) is 52.4 Å². The average Bonchev–Trinajstić information content (AvgIpc) is 3.84. The molecular weight excluding hydrogens is 684 g/mol. The molecule has 1 aromatic rings. The predicted molar refractivity (Wildman–Crippen MR) is 191 cm³/mol. The summed E-state index contributed by atoms with van der Waals surface area (Å²) >= 11 is 0. The Balaban J connectivity index is 1.86. The van der Waals surface area contributed by atoms with Crippen LogP contribution in [0.5, 0.6) is 0 Å². The molecule has 12 atom stereocenters. The van der Waals surface area contributed by atoms with Crippen molar-refractivity contribution in [2.45, 2.75) is 131 Å². The van der Waals surface area contributed by atoms with Gasteiger partial charge in [-0.05, 0) is 56.7 Å². The van der Waals surface area contributed by atoms with Crippen LogP contribution in [-0.4, -0.2) is 74.1 Å². The number of carbonyl (C=O) groups is 5. The summed E-state index contributed by atoms with van der Waals surface area (Å²) in [5.74, 6) is -4.43. The Labute approximate surface area is 312 Å². The van der Waals surface area contributed by atoms with Crippen LogP contribution in [0.15, 0.2) is 45.8 Å². The number of rotatable bonds is 11. The molecule has 0 bridgehead atoms. The van der Waals surface area contributed by atoms with Gasteiger partial charge < -0.3 is 32.8 Å². The van der Waals surface area contributed by atoms with Crippen LogP contribution in [0.2, 0.25) is 0 Å². The lowest BCUT2D eigenvalue weighted by molar-refractivity contribution is -0.261. The van der Waals surface area contributed by atoms with E-state index in [0.29, 0.717) is 24.0 Å².